The first-order valence-corrected chi connectivity index (χ1v) is 7.34. The van der Waals surface area contributed by atoms with Crippen molar-refractivity contribution in [2.75, 3.05) is 11.9 Å². The van der Waals surface area contributed by atoms with Gasteiger partial charge < -0.3 is 10.6 Å². The van der Waals surface area contributed by atoms with E-state index in [-0.39, 0.29) is 12.4 Å². The summed E-state index contributed by atoms with van der Waals surface area (Å²) in [4.78, 5) is 6.38. The van der Waals surface area contributed by atoms with Crippen LogP contribution in [-0.2, 0) is 0 Å². The summed E-state index contributed by atoms with van der Waals surface area (Å²) in [6.45, 7) is 0. The fourth-order valence-electron chi connectivity index (χ4n) is 2.32. The predicted octanol–water partition coefficient (Wildman–Crippen LogP) is 5.00. The minimum Gasteiger partial charge on any atom is -0.369 e. The maximum Gasteiger partial charge on any atom is 0.200 e. The Labute approximate surface area is 146 Å². The average molecular weight is 346 g/mol. The van der Waals surface area contributed by atoms with Crippen LogP contribution in [0.4, 0.5) is 11.4 Å². The van der Waals surface area contributed by atoms with Gasteiger partial charge in [-0.25, -0.2) is 4.99 Å². The zero-order valence-electron chi connectivity index (χ0n) is 12.6. The molecule has 118 valence electrons. The Bertz CT molecular complexity index is 841. The van der Waals surface area contributed by atoms with Gasteiger partial charge in [-0.1, -0.05) is 54.1 Å². The van der Waals surface area contributed by atoms with Crippen LogP contribution in [0.1, 0.15) is 0 Å². The van der Waals surface area contributed by atoms with Gasteiger partial charge in [-0.05, 0) is 29.7 Å². The van der Waals surface area contributed by atoms with Crippen molar-refractivity contribution in [1.82, 2.24) is 0 Å². The number of fused-ring (bicyclic) bond motifs is 1. The quantitative estimate of drug-likeness (QED) is 0.524. The molecule has 0 spiro atoms. The van der Waals surface area contributed by atoms with Crippen LogP contribution in [0, 0.1) is 0 Å². The maximum absolute atomic E-state index is 6.16. The summed E-state index contributed by atoms with van der Waals surface area (Å²) in [6.07, 6.45) is 0. The minimum absolute atomic E-state index is 0. The molecule has 0 unspecified atom stereocenters. The molecule has 5 heteroatoms. The van der Waals surface area contributed by atoms with Gasteiger partial charge >= 0.3 is 0 Å². The van der Waals surface area contributed by atoms with Crippen LogP contribution in [-0.4, -0.2) is 13.0 Å². The van der Waals surface area contributed by atoms with Crippen LogP contribution in [0.2, 0.25) is 5.02 Å². The van der Waals surface area contributed by atoms with Gasteiger partial charge in [0.05, 0.1) is 5.69 Å². The van der Waals surface area contributed by atoms with E-state index in [1.165, 1.54) is 0 Å². The highest BCUT2D eigenvalue weighted by Gasteiger charge is 2.07. The minimum atomic E-state index is 0. The standard InChI is InChI=1S/C18H16ClN3.ClH/c1-22(15-9-5-8-14(19)12-15)18(20)21-17-11-4-7-13-6-2-3-10-16(13)17;/h2-12H,1H3,(H2,20,21);1H. The zero-order chi connectivity index (χ0) is 15.5. The summed E-state index contributed by atoms with van der Waals surface area (Å²) in [5, 5.41) is 2.89. The van der Waals surface area contributed by atoms with Gasteiger partial charge in [-0.2, -0.15) is 0 Å². The summed E-state index contributed by atoms with van der Waals surface area (Å²) in [5.74, 6) is 0.415. The molecular formula is C18H17Cl2N3. The monoisotopic (exact) mass is 345 g/mol. The second-order valence-corrected chi connectivity index (χ2v) is 5.44. The number of aliphatic imine (C=N–C) groups is 1. The Balaban J connectivity index is 0.00000192. The normalized spacial score (nSPS) is 11.1. The van der Waals surface area contributed by atoms with Crippen molar-refractivity contribution >= 4 is 52.1 Å². The Morgan fingerprint density at radius 2 is 1.70 bits per heavy atom. The number of halogens is 2. The molecule has 0 atom stereocenters. The molecule has 23 heavy (non-hydrogen) atoms. The van der Waals surface area contributed by atoms with E-state index >= 15 is 0 Å². The molecule has 0 fully saturated rings. The SMILES string of the molecule is CN(C(N)=Nc1cccc2ccccc12)c1cccc(Cl)c1.Cl. The number of benzene rings is 3. The van der Waals surface area contributed by atoms with Crippen LogP contribution in [0.5, 0.6) is 0 Å². The van der Waals surface area contributed by atoms with Crippen molar-refractivity contribution in [3.05, 3.63) is 71.8 Å². The summed E-state index contributed by atoms with van der Waals surface area (Å²) in [6, 6.07) is 21.6. The molecule has 0 heterocycles. The Morgan fingerprint density at radius 1 is 1.00 bits per heavy atom. The van der Waals surface area contributed by atoms with E-state index in [0.717, 1.165) is 22.1 Å². The van der Waals surface area contributed by atoms with Gasteiger partial charge in [0.25, 0.3) is 0 Å². The molecule has 0 saturated carbocycles. The number of rotatable bonds is 2. The van der Waals surface area contributed by atoms with Crippen LogP contribution in [0.3, 0.4) is 0 Å². The van der Waals surface area contributed by atoms with E-state index in [1.54, 1.807) is 0 Å². The van der Waals surface area contributed by atoms with Gasteiger partial charge in [0, 0.05) is 23.1 Å². The molecule has 0 aliphatic carbocycles. The number of guanidine groups is 1. The zero-order valence-corrected chi connectivity index (χ0v) is 14.2. The number of hydrogen-bond donors (Lipinski definition) is 1. The van der Waals surface area contributed by atoms with Crippen molar-refractivity contribution in [2.45, 2.75) is 0 Å². The van der Waals surface area contributed by atoms with Gasteiger partial charge in [-0.15, -0.1) is 12.4 Å². The Hall–Kier alpha value is -2.23. The van der Waals surface area contributed by atoms with Crippen molar-refractivity contribution in [3.8, 4) is 0 Å². The number of anilines is 1. The van der Waals surface area contributed by atoms with Crippen molar-refractivity contribution < 1.29 is 0 Å². The van der Waals surface area contributed by atoms with Crippen molar-refractivity contribution in [1.29, 1.82) is 0 Å². The van der Waals surface area contributed by atoms with Crippen molar-refractivity contribution in [2.24, 2.45) is 10.7 Å². The van der Waals surface area contributed by atoms with Crippen molar-refractivity contribution in [3.63, 3.8) is 0 Å². The lowest BCUT2D eigenvalue weighted by Gasteiger charge is -2.18. The van der Waals surface area contributed by atoms with E-state index < -0.39 is 0 Å². The third-order valence-corrected chi connectivity index (χ3v) is 3.78. The lowest BCUT2D eigenvalue weighted by Crippen LogP contribution is -2.33. The van der Waals surface area contributed by atoms with Crippen LogP contribution >= 0.6 is 24.0 Å². The smallest absolute Gasteiger partial charge is 0.200 e. The molecule has 0 bridgehead atoms. The van der Waals surface area contributed by atoms with Gasteiger partial charge in [0.2, 0.25) is 5.96 Å². The molecule has 0 amide bonds. The third-order valence-electron chi connectivity index (χ3n) is 3.54. The molecule has 0 aliphatic heterocycles. The molecule has 0 aromatic heterocycles. The van der Waals surface area contributed by atoms with E-state index in [4.69, 9.17) is 17.3 Å². The molecule has 2 N–H and O–H groups in total. The van der Waals surface area contributed by atoms with Crippen LogP contribution in [0.25, 0.3) is 10.8 Å². The van der Waals surface area contributed by atoms with Gasteiger partial charge in [-0.3, -0.25) is 0 Å². The highest BCUT2D eigenvalue weighted by Crippen LogP contribution is 2.26. The Kier molecular flexibility index (Phi) is 5.48. The number of nitrogens with two attached hydrogens (primary N) is 1. The first kappa shape index (κ1) is 17.1. The average Bonchev–Trinajstić information content (AvgIpc) is 2.54. The lowest BCUT2D eigenvalue weighted by atomic mass is 10.1. The van der Waals surface area contributed by atoms with E-state index in [1.807, 2.05) is 66.5 Å². The fraction of sp³-hybridized carbons (Fsp3) is 0.0556. The largest absolute Gasteiger partial charge is 0.369 e. The van der Waals surface area contributed by atoms with Gasteiger partial charge in [0.1, 0.15) is 0 Å². The summed E-state index contributed by atoms with van der Waals surface area (Å²) in [5.41, 5.74) is 7.90. The highest BCUT2D eigenvalue weighted by molar-refractivity contribution is 6.30. The van der Waals surface area contributed by atoms with E-state index in [9.17, 15) is 0 Å². The molecular weight excluding hydrogens is 329 g/mol. The van der Waals surface area contributed by atoms with Gasteiger partial charge in [0.15, 0.2) is 0 Å². The summed E-state index contributed by atoms with van der Waals surface area (Å²) in [7, 11) is 1.87. The molecule has 3 aromatic carbocycles. The first-order valence-electron chi connectivity index (χ1n) is 6.96. The maximum atomic E-state index is 6.16. The lowest BCUT2D eigenvalue weighted by molar-refractivity contribution is 1.22. The summed E-state index contributed by atoms with van der Waals surface area (Å²) < 4.78 is 0. The summed E-state index contributed by atoms with van der Waals surface area (Å²) >= 11 is 6.02. The molecule has 0 aliphatic rings. The molecule has 0 radical (unpaired) electrons. The fourth-order valence-corrected chi connectivity index (χ4v) is 2.51. The van der Waals surface area contributed by atoms with Crippen LogP contribution in [0.15, 0.2) is 71.7 Å². The second-order valence-electron chi connectivity index (χ2n) is 5.01. The Morgan fingerprint density at radius 3 is 2.48 bits per heavy atom. The predicted molar refractivity (Wildman–Crippen MR) is 102 cm³/mol. The first-order chi connectivity index (χ1) is 10.6. The molecule has 3 rings (SSSR count). The highest BCUT2D eigenvalue weighted by atomic mass is 35.5. The number of nitrogens with zero attached hydrogens (tertiary/aromatic N) is 2. The molecule has 3 nitrogen and oxygen atoms in total. The molecule has 0 saturated heterocycles. The molecule has 3 aromatic rings. The van der Waals surface area contributed by atoms with Crippen LogP contribution < -0.4 is 10.6 Å². The third kappa shape index (κ3) is 3.76. The number of hydrogen-bond acceptors (Lipinski definition) is 1. The topological polar surface area (TPSA) is 41.6 Å². The van der Waals surface area contributed by atoms with E-state index in [2.05, 4.69) is 17.1 Å². The van der Waals surface area contributed by atoms with E-state index in [0.29, 0.717) is 11.0 Å². The second kappa shape index (κ2) is 7.36.